The molecule has 1 heterocycles. The number of nitrogens with zero attached hydrogens (tertiary/aromatic N) is 3. The van der Waals surface area contributed by atoms with Crippen LogP contribution in [0.2, 0.25) is 0 Å². The quantitative estimate of drug-likeness (QED) is 0.711. The Kier molecular flexibility index (Phi) is 6.88. The molecular formula is C24H33N3O3S. The Morgan fingerprint density at radius 1 is 0.935 bits per heavy atom. The Bertz CT molecular complexity index is 991. The van der Waals surface area contributed by atoms with Gasteiger partial charge in [-0.15, -0.1) is 0 Å². The molecule has 0 aliphatic carbocycles. The van der Waals surface area contributed by atoms with Gasteiger partial charge in [-0.05, 0) is 42.2 Å². The van der Waals surface area contributed by atoms with Crippen LogP contribution in [-0.4, -0.2) is 62.8 Å². The van der Waals surface area contributed by atoms with Gasteiger partial charge >= 0.3 is 0 Å². The molecule has 1 aliphatic rings. The first-order chi connectivity index (χ1) is 14.5. The van der Waals surface area contributed by atoms with Crippen LogP contribution >= 0.6 is 0 Å². The lowest BCUT2D eigenvalue weighted by Gasteiger charge is -2.37. The summed E-state index contributed by atoms with van der Waals surface area (Å²) in [6.07, 6.45) is 0. The van der Waals surface area contributed by atoms with Crippen LogP contribution in [-0.2, 0) is 20.2 Å². The number of rotatable bonds is 5. The van der Waals surface area contributed by atoms with E-state index >= 15 is 0 Å². The second-order valence-corrected chi connectivity index (χ2v) is 11.1. The predicted octanol–water partition coefficient (Wildman–Crippen LogP) is 3.34. The van der Waals surface area contributed by atoms with Crippen LogP contribution < -0.4 is 4.90 Å². The Morgan fingerprint density at radius 2 is 1.48 bits per heavy atom. The lowest BCUT2D eigenvalue weighted by Crippen LogP contribution is -2.55. The largest absolute Gasteiger partial charge is 0.314 e. The number of benzene rings is 2. The van der Waals surface area contributed by atoms with Crippen molar-refractivity contribution in [2.45, 2.75) is 44.0 Å². The molecule has 7 heteroatoms. The molecule has 2 aromatic carbocycles. The molecule has 0 aromatic heterocycles. The number of anilines is 1. The molecule has 0 bridgehead atoms. The molecule has 0 N–H and O–H groups in total. The fraction of sp³-hybridized carbons (Fsp3) is 0.458. The van der Waals surface area contributed by atoms with Crippen molar-refractivity contribution in [3.8, 4) is 0 Å². The maximum absolute atomic E-state index is 13.1. The molecule has 3 rings (SSSR count). The van der Waals surface area contributed by atoms with E-state index in [2.05, 4.69) is 25.7 Å². The van der Waals surface area contributed by atoms with E-state index in [1.807, 2.05) is 49.4 Å². The molecule has 1 unspecified atom stereocenters. The van der Waals surface area contributed by atoms with Crippen LogP contribution in [0.25, 0.3) is 0 Å². The van der Waals surface area contributed by atoms with E-state index in [-0.39, 0.29) is 17.4 Å². The summed E-state index contributed by atoms with van der Waals surface area (Å²) in [5.41, 5.74) is 1.93. The minimum absolute atomic E-state index is 0.000256. The molecule has 168 valence electrons. The number of para-hydroxylation sites is 1. The minimum Gasteiger partial charge on any atom is -0.314 e. The van der Waals surface area contributed by atoms with Crippen LogP contribution in [0.15, 0.2) is 59.5 Å². The maximum atomic E-state index is 13.1. The first-order valence-corrected chi connectivity index (χ1v) is 12.1. The van der Waals surface area contributed by atoms with Crippen molar-refractivity contribution >= 4 is 21.6 Å². The Labute approximate surface area is 186 Å². The number of sulfonamides is 1. The van der Waals surface area contributed by atoms with Crippen LogP contribution in [0.4, 0.5) is 5.69 Å². The normalized spacial score (nSPS) is 17.3. The summed E-state index contributed by atoms with van der Waals surface area (Å²) < 4.78 is 27.7. The van der Waals surface area contributed by atoms with Crippen molar-refractivity contribution in [3.63, 3.8) is 0 Å². The van der Waals surface area contributed by atoms with E-state index in [0.29, 0.717) is 31.1 Å². The van der Waals surface area contributed by atoms with Crippen LogP contribution in [0.1, 0.15) is 33.3 Å². The molecule has 1 saturated heterocycles. The van der Waals surface area contributed by atoms with Gasteiger partial charge in [-0.2, -0.15) is 4.31 Å². The van der Waals surface area contributed by atoms with Gasteiger partial charge < -0.3 is 4.90 Å². The lowest BCUT2D eigenvalue weighted by atomic mass is 9.87. The van der Waals surface area contributed by atoms with Gasteiger partial charge in [0.15, 0.2) is 0 Å². The monoisotopic (exact) mass is 443 g/mol. The summed E-state index contributed by atoms with van der Waals surface area (Å²) in [4.78, 5) is 16.9. The fourth-order valence-electron chi connectivity index (χ4n) is 3.82. The van der Waals surface area contributed by atoms with Gasteiger partial charge in [0.2, 0.25) is 15.9 Å². The number of carbonyl (C=O) groups is 1. The Morgan fingerprint density at radius 3 is 2.00 bits per heavy atom. The van der Waals surface area contributed by atoms with E-state index in [1.54, 1.807) is 24.1 Å². The van der Waals surface area contributed by atoms with Gasteiger partial charge in [0, 0.05) is 38.9 Å². The number of piperazine rings is 1. The number of carbonyl (C=O) groups excluding carboxylic acids is 1. The standard InChI is InChI=1S/C24H33N3O3S/c1-19(23(28)25(5)21-9-7-6-8-10-21)26-15-17-27(18-16-26)31(29,30)22-13-11-20(12-14-22)24(2,3)4/h6-14,19H,15-18H2,1-5H3. The van der Waals surface area contributed by atoms with E-state index in [4.69, 9.17) is 0 Å². The number of amides is 1. The second kappa shape index (κ2) is 9.10. The summed E-state index contributed by atoms with van der Waals surface area (Å²) in [7, 11) is -1.77. The summed E-state index contributed by atoms with van der Waals surface area (Å²) in [5.74, 6) is 0.000256. The SMILES string of the molecule is CC(C(=O)N(C)c1ccccc1)N1CCN(S(=O)(=O)c2ccc(C(C)(C)C)cc2)CC1. The van der Waals surface area contributed by atoms with E-state index in [1.165, 1.54) is 4.31 Å². The zero-order valence-corrected chi connectivity index (χ0v) is 19.9. The third-order valence-electron chi connectivity index (χ3n) is 6.01. The van der Waals surface area contributed by atoms with Crippen LogP contribution in [0, 0.1) is 0 Å². The number of hydrogen-bond donors (Lipinski definition) is 0. The van der Waals surface area contributed by atoms with Crippen molar-refractivity contribution in [3.05, 3.63) is 60.2 Å². The summed E-state index contributed by atoms with van der Waals surface area (Å²) in [6.45, 7) is 9.99. The van der Waals surface area contributed by atoms with E-state index in [0.717, 1.165) is 11.3 Å². The first-order valence-electron chi connectivity index (χ1n) is 10.7. The molecule has 1 fully saturated rings. The topological polar surface area (TPSA) is 60.9 Å². The van der Waals surface area contributed by atoms with Gasteiger partial charge in [-0.1, -0.05) is 51.1 Å². The first kappa shape index (κ1) is 23.4. The highest BCUT2D eigenvalue weighted by molar-refractivity contribution is 7.89. The Balaban J connectivity index is 1.63. The molecule has 31 heavy (non-hydrogen) atoms. The van der Waals surface area contributed by atoms with E-state index in [9.17, 15) is 13.2 Å². The molecule has 2 aromatic rings. The van der Waals surface area contributed by atoms with Crippen molar-refractivity contribution in [1.82, 2.24) is 9.21 Å². The average Bonchev–Trinajstić information content (AvgIpc) is 2.77. The second-order valence-electron chi connectivity index (χ2n) is 9.12. The smallest absolute Gasteiger partial charge is 0.243 e. The predicted molar refractivity (Wildman–Crippen MR) is 125 cm³/mol. The average molecular weight is 444 g/mol. The van der Waals surface area contributed by atoms with Crippen LogP contribution in [0.3, 0.4) is 0 Å². The highest BCUT2D eigenvalue weighted by Crippen LogP contribution is 2.25. The molecule has 1 amide bonds. The van der Waals surface area contributed by atoms with Crippen molar-refractivity contribution in [2.24, 2.45) is 0 Å². The molecule has 0 radical (unpaired) electrons. The minimum atomic E-state index is -3.54. The van der Waals surface area contributed by atoms with Gasteiger partial charge in [0.05, 0.1) is 10.9 Å². The summed E-state index contributed by atoms with van der Waals surface area (Å²) in [6, 6.07) is 16.4. The highest BCUT2D eigenvalue weighted by atomic mass is 32.2. The lowest BCUT2D eigenvalue weighted by molar-refractivity contribution is -0.123. The van der Waals surface area contributed by atoms with Gasteiger partial charge in [-0.25, -0.2) is 8.42 Å². The highest BCUT2D eigenvalue weighted by Gasteiger charge is 2.33. The third-order valence-corrected chi connectivity index (χ3v) is 7.92. The molecule has 6 nitrogen and oxygen atoms in total. The molecule has 0 saturated carbocycles. The van der Waals surface area contributed by atoms with E-state index < -0.39 is 10.0 Å². The maximum Gasteiger partial charge on any atom is 0.243 e. The van der Waals surface area contributed by atoms with Gasteiger partial charge in [-0.3, -0.25) is 9.69 Å². The van der Waals surface area contributed by atoms with Gasteiger partial charge in [0.1, 0.15) is 0 Å². The number of likely N-dealkylation sites (N-methyl/N-ethyl adjacent to an activating group) is 1. The third kappa shape index (κ3) is 5.17. The van der Waals surface area contributed by atoms with Crippen molar-refractivity contribution in [2.75, 3.05) is 38.1 Å². The Hall–Kier alpha value is -2.22. The summed E-state index contributed by atoms with van der Waals surface area (Å²) in [5, 5.41) is 0. The van der Waals surface area contributed by atoms with Crippen LogP contribution in [0.5, 0.6) is 0 Å². The van der Waals surface area contributed by atoms with Crippen molar-refractivity contribution in [1.29, 1.82) is 0 Å². The summed E-state index contributed by atoms with van der Waals surface area (Å²) >= 11 is 0. The molecule has 0 spiro atoms. The van der Waals surface area contributed by atoms with Gasteiger partial charge in [0.25, 0.3) is 0 Å². The molecule has 1 aliphatic heterocycles. The number of hydrogen-bond acceptors (Lipinski definition) is 4. The zero-order valence-electron chi connectivity index (χ0n) is 19.1. The molecule has 1 atom stereocenters. The molecular weight excluding hydrogens is 410 g/mol. The van der Waals surface area contributed by atoms with Crippen molar-refractivity contribution < 1.29 is 13.2 Å². The zero-order chi connectivity index (χ0) is 22.8. The fourth-order valence-corrected chi connectivity index (χ4v) is 5.24.